The topological polar surface area (TPSA) is 49.5 Å². The number of fused-ring (bicyclic) bond motifs is 1. The van der Waals surface area contributed by atoms with E-state index in [9.17, 15) is 4.79 Å². The first-order chi connectivity index (χ1) is 10.6. The van der Waals surface area contributed by atoms with Crippen molar-refractivity contribution < 1.29 is 10.1 Å². The summed E-state index contributed by atoms with van der Waals surface area (Å²) >= 11 is 0. The highest BCUT2D eigenvalue weighted by molar-refractivity contribution is 6.09. The minimum atomic E-state index is -0.0167. The van der Waals surface area contributed by atoms with Crippen molar-refractivity contribution in [3.8, 4) is 0 Å². The molecular weight excluding hydrogens is 272 g/mol. The molecule has 1 fully saturated rings. The first-order valence-electron chi connectivity index (χ1n) is 8.53. The number of aromatic nitrogens is 1. The third-order valence-corrected chi connectivity index (χ3v) is 5.57. The number of rotatable bonds is 4. The quantitative estimate of drug-likeness (QED) is 0.837. The van der Waals surface area contributed by atoms with Gasteiger partial charge >= 0.3 is 0 Å². The van der Waals surface area contributed by atoms with Crippen LogP contribution in [0.25, 0.3) is 10.9 Å². The van der Waals surface area contributed by atoms with Gasteiger partial charge in [-0.25, -0.2) is 0 Å². The second-order valence-corrected chi connectivity index (χ2v) is 7.02. The number of hydrogen-bond donors (Lipinski definition) is 2. The van der Waals surface area contributed by atoms with Gasteiger partial charge in [0.05, 0.1) is 6.04 Å². The van der Waals surface area contributed by atoms with Gasteiger partial charge in [0.2, 0.25) is 5.78 Å². The van der Waals surface area contributed by atoms with E-state index in [1.807, 2.05) is 30.5 Å². The Morgan fingerprint density at radius 1 is 1.27 bits per heavy atom. The summed E-state index contributed by atoms with van der Waals surface area (Å²) in [4.78, 5) is 16.0. The normalized spacial score (nSPS) is 27.0. The molecule has 118 valence electrons. The van der Waals surface area contributed by atoms with E-state index in [1.165, 1.54) is 19.3 Å². The molecule has 0 spiro atoms. The van der Waals surface area contributed by atoms with Crippen LogP contribution in [0.1, 0.15) is 50.4 Å². The van der Waals surface area contributed by atoms with E-state index in [0.29, 0.717) is 12.0 Å². The van der Waals surface area contributed by atoms with E-state index in [4.69, 9.17) is 0 Å². The predicted octanol–water partition coefficient (Wildman–Crippen LogP) is 3.13. The summed E-state index contributed by atoms with van der Waals surface area (Å²) in [5.74, 6) is 1.69. The van der Waals surface area contributed by atoms with Crippen molar-refractivity contribution in [3.05, 3.63) is 36.0 Å². The lowest BCUT2D eigenvalue weighted by atomic mass is 9.77. The molecule has 4 atom stereocenters. The Labute approximate surface area is 132 Å². The van der Waals surface area contributed by atoms with Crippen molar-refractivity contribution in [3.63, 3.8) is 0 Å². The molecule has 1 aromatic carbocycles. The van der Waals surface area contributed by atoms with E-state index in [0.717, 1.165) is 22.4 Å². The minimum absolute atomic E-state index is 0.0167. The summed E-state index contributed by atoms with van der Waals surface area (Å²) in [7, 11) is 0. The van der Waals surface area contributed by atoms with Gasteiger partial charge < -0.3 is 10.3 Å². The summed E-state index contributed by atoms with van der Waals surface area (Å²) in [6.45, 7) is 6.74. The first-order valence-corrected chi connectivity index (χ1v) is 8.53. The monoisotopic (exact) mass is 299 g/mol. The van der Waals surface area contributed by atoms with Crippen LogP contribution < -0.4 is 5.32 Å². The van der Waals surface area contributed by atoms with Gasteiger partial charge in [0.15, 0.2) is 0 Å². The number of H-pyrrole nitrogens is 1. The van der Waals surface area contributed by atoms with Gasteiger partial charge in [-0.15, -0.1) is 0 Å². The third-order valence-electron chi connectivity index (χ3n) is 5.57. The maximum atomic E-state index is 12.8. The smallest absolute Gasteiger partial charge is 0.221 e. The van der Waals surface area contributed by atoms with Crippen LogP contribution in [0.2, 0.25) is 0 Å². The van der Waals surface area contributed by atoms with Crippen molar-refractivity contribution in [1.82, 2.24) is 4.98 Å². The van der Waals surface area contributed by atoms with Gasteiger partial charge in [0.25, 0.3) is 0 Å². The molecule has 22 heavy (non-hydrogen) atoms. The number of ketones is 1. The summed E-state index contributed by atoms with van der Waals surface area (Å²) in [6, 6.07) is 8.59. The van der Waals surface area contributed by atoms with Gasteiger partial charge in [0.1, 0.15) is 6.04 Å². The Kier molecular flexibility index (Phi) is 4.34. The molecular formula is C19H27N2O+. The zero-order chi connectivity index (χ0) is 15.7. The second kappa shape index (κ2) is 6.25. The Bertz CT molecular complexity index is 660. The van der Waals surface area contributed by atoms with Gasteiger partial charge in [0, 0.05) is 28.6 Å². The summed E-state index contributed by atoms with van der Waals surface area (Å²) in [6.07, 6.45) is 5.72. The lowest BCUT2D eigenvalue weighted by molar-refractivity contribution is -0.714. The number of aromatic amines is 1. The summed E-state index contributed by atoms with van der Waals surface area (Å²) in [5.41, 5.74) is 1.87. The Morgan fingerprint density at radius 3 is 2.86 bits per heavy atom. The molecule has 1 heterocycles. The average molecular weight is 299 g/mol. The number of quaternary nitrogens is 1. The van der Waals surface area contributed by atoms with E-state index in [2.05, 4.69) is 31.1 Å². The summed E-state index contributed by atoms with van der Waals surface area (Å²) < 4.78 is 0. The Balaban J connectivity index is 1.74. The molecule has 0 aliphatic heterocycles. The van der Waals surface area contributed by atoms with Crippen LogP contribution in [0.5, 0.6) is 0 Å². The lowest BCUT2D eigenvalue weighted by Crippen LogP contribution is -2.97. The van der Waals surface area contributed by atoms with Gasteiger partial charge in [-0.1, -0.05) is 32.0 Å². The molecule has 0 saturated heterocycles. The molecule has 3 N–H and O–H groups in total. The van der Waals surface area contributed by atoms with E-state index < -0.39 is 0 Å². The number of carbonyl (C=O) groups excluding carboxylic acids is 1. The largest absolute Gasteiger partial charge is 0.360 e. The van der Waals surface area contributed by atoms with Gasteiger partial charge in [-0.05, 0) is 38.2 Å². The zero-order valence-corrected chi connectivity index (χ0v) is 13.8. The zero-order valence-electron chi connectivity index (χ0n) is 13.8. The molecule has 3 heteroatoms. The van der Waals surface area contributed by atoms with Gasteiger partial charge in [-0.3, -0.25) is 4.79 Å². The molecule has 0 unspecified atom stereocenters. The van der Waals surface area contributed by atoms with Crippen molar-refractivity contribution in [2.75, 3.05) is 0 Å². The molecule has 1 aliphatic rings. The fourth-order valence-electron chi connectivity index (χ4n) is 3.87. The van der Waals surface area contributed by atoms with Crippen LogP contribution in [-0.4, -0.2) is 22.9 Å². The Morgan fingerprint density at radius 2 is 2.05 bits per heavy atom. The van der Waals surface area contributed by atoms with Crippen LogP contribution in [0.4, 0.5) is 0 Å². The van der Waals surface area contributed by atoms with Crippen LogP contribution in [0.3, 0.4) is 0 Å². The van der Waals surface area contributed by atoms with Crippen LogP contribution in [0.15, 0.2) is 30.5 Å². The molecule has 2 aromatic rings. The SMILES string of the molecule is C[C@H]1[C@@H]([NH2+][C@@H](C)C(=O)c2c[nH]c3ccccc23)CCC[C@@H]1C. The highest BCUT2D eigenvalue weighted by Crippen LogP contribution is 2.27. The van der Waals surface area contributed by atoms with E-state index in [-0.39, 0.29) is 11.8 Å². The molecule has 1 aromatic heterocycles. The molecule has 1 aliphatic carbocycles. The third kappa shape index (κ3) is 2.82. The van der Waals surface area contributed by atoms with Crippen molar-refractivity contribution in [2.45, 2.75) is 52.1 Å². The molecule has 1 saturated carbocycles. The van der Waals surface area contributed by atoms with E-state index >= 15 is 0 Å². The number of hydrogen-bond acceptors (Lipinski definition) is 1. The maximum Gasteiger partial charge on any atom is 0.221 e. The number of benzene rings is 1. The average Bonchev–Trinajstić information content (AvgIpc) is 2.95. The molecule has 0 amide bonds. The minimum Gasteiger partial charge on any atom is -0.360 e. The van der Waals surface area contributed by atoms with Crippen LogP contribution in [0, 0.1) is 11.8 Å². The van der Waals surface area contributed by atoms with Crippen molar-refractivity contribution in [1.29, 1.82) is 0 Å². The number of nitrogens with two attached hydrogens (primary N) is 1. The Hall–Kier alpha value is -1.61. The first kappa shape index (κ1) is 15.3. The molecule has 0 radical (unpaired) electrons. The van der Waals surface area contributed by atoms with Gasteiger partial charge in [-0.2, -0.15) is 0 Å². The fraction of sp³-hybridized carbons (Fsp3) is 0.526. The lowest BCUT2D eigenvalue weighted by Gasteiger charge is -2.33. The van der Waals surface area contributed by atoms with E-state index in [1.54, 1.807) is 0 Å². The highest BCUT2D eigenvalue weighted by Gasteiger charge is 2.33. The number of nitrogens with one attached hydrogen (secondary N) is 1. The summed E-state index contributed by atoms with van der Waals surface area (Å²) in [5, 5.41) is 3.35. The highest BCUT2D eigenvalue weighted by atomic mass is 16.1. The number of para-hydroxylation sites is 1. The predicted molar refractivity (Wildman–Crippen MR) is 90.0 cm³/mol. The second-order valence-electron chi connectivity index (χ2n) is 7.02. The van der Waals surface area contributed by atoms with Crippen molar-refractivity contribution >= 4 is 16.7 Å². The molecule has 0 bridgehead atoms. The van der Waals surface area contributed by atoms with Crippen LogP contribution >= 0.6 is 0 Å². The number of Topliss-reactive ketones (excluding diaryl/α,β-unsaturated/α-hetero) is 1. The maximum absolute atomic E-state index is 12.8. The molecule has 3 rings (SSSR count). The standard InChI is InChI=1S/C19H26N2O/c1-12-7-6-10-17(13(12)2)21-14(3)19(22)16-11-20-18-9-5-4-8-15(16)18/h4-5,8-9,11-14,17,20-21H,6-7,10H2,1-3H3/p+1/t12-,13+,14-,17-/m0/s1. The fourth-order valence-corrected chi connectivity index (χ4v) is 3.87. The van der Waals surface area contributed by atoms with Crippen molar-refractivity contribution in [2.24, 2.45) is 11.8 Å². The number of carbonyl (C=O) groups is 1. The molecule has 3 nitrogen and oxygen atoms in total. The van der Waals surface area contributed by atoms with Crippen LogP contribution in [-0.2, 0) is 0 Å².